The Morgan fingerprint density at radius 3 is 1.25 bits per heavy atom. The zero-order valence-corrected chi connectivity index (χ0v) is 22.0. The average Bonchev–Trinajstić information content (AvgIpc) is 3.54. The van der Waals surface area contributed by atoms with Crippen molar-refractivity contribution in [1.29, 1.82) is 0 Å². The van der Waals surface area contributed by atoms with Gasteiger partial charge in [0.15, 0.2) is 0 Å². The highest BCUT2D eigenvalue weighted by Crippen LogP contribution is 2.28. The first-order valence-corrected chi connectivity index (χ1v) is 12.5. The van der Waals surface area contributed by atoms with Gasteiger partial charge in [0, 0.05) is 23.5 Å². The Morgan fingerprint density at radius 1 is 0.500 bits per heavy atom. The van der Waals surface area contributed by atoms with Gasteiger partial charge in [0.2, 0.25) is 0 Å². The molecule has 0 saturated heterocycles. The van der Waals surface area contributed by atoms with Crippen LogP contribution in [0.3, 0.4) is 0 Å². The highest BCUT2D eigenvalue weighted by Gasteiger charge is 2.15. The van der Waals surface area contributed by atoms with Crippen LogP contribution in [0.1, 0.15) is 52.7 Å². The lowest BCUT2D eigenvalue weighted by Crippen LogP contribution is -2.10. The molecule has 0 atom stereocenters. The van der Waals surface area contributed by atoms with Crippen LogP contribution >= 0.6 is 0 Å². The molecule has 0 N–H and O–H groups in total. The Morgan fingerprint density at radius 2 is 0.889 bits per heavy atom. The summed E-state index contributed by atoms with van der Waals surface area (Å²) in [5.74, 6) is 0. The maximum absolute atomic E-state index is 4.85. The molecular formula is C32H34N4. The van der Waals surface area contributed by atoms with Crippen LogP contribution in [0.25, 0.3) is 33.9 Å². The van der Waals surface area contributed by atoms with Gasteiger partial charge in [-0.2, -0.15) is 10.2 Å². The van der Waals surface area contributed by atoms with Gasteiger partial charge in [0.05, 0.1) is 22.8 Å². The maximum Gasteiger partial charge on any atom is 0.0927 e. The SMILES string of the molecule is CC(C)(C)c1ccc(-n2ccc(-c3cccc(-c4ccn(-c5ccc(C(C)(C)C)cc5)n4)c3)n2)cc1. The molecule has 0 amide bonds. The van der Waals surface area contributed by atoms with Crippen molar-refractivity contribution in [3.63, 3.8) is 0 Å². The third kappa shape index (κ3) is 4.90. The quantitative estimate of drug-likeness (QED) is 0.265. The summed E-state index contributed by atoms with van der Waals surface area (Å²) < 4.78 is 3.87. The standard InChI is InChI=1S/C32H34N4/c1-31(2,3)25-10-14-27(15-11-25)35-20-18-29(33-35)23-8-7-9-24(22-23)30-19-21-36(34-30)28-16-12-26(13-17-28)32(4,5)6/h7-22H,1-6H3. The van der Waals surface area contributed by atoms with E-state index in [4.69, 9.17) is 10.2 Å². The van der Waals surface area contributed by atoms with Gasteiger partial charge in [-0.15, -0.1) is 0 Å². The van der Waals surface area contributed by atoms with Crippen molar-refractivity contribution in [2.45, 2.75) is 52.4 Å². The maximum atomic E-state index is 4.85. The average molecular weight is 475 g/mol. The molecule has 2 heterocycles. The number of rotatable bonds is 4. The predicted octanol–water partition coefficient (Wildman–Crippen LogP) is 7.99. The molecule has 4 heteroatoms. The summed E-state index contributed by atoms with van der Waals surface area (Å²) in [4.78, 5) is 0. The van der Waals surface area contributed by atoms with E-state index in [2.05, 4.69) is 126 Å². The van der Waals surface area contributed by atoms with Gasteiger partial charge in [-0.25, -0.2) is 9.36 Å². The molecule has 182 valence electrons. The fourth-order valence-corrected chi connectivity index (χ4v) is 4.31. The monoisotopic (exact) mass is 474 g/mol. The Balaban J connectivity index is 1.38. The first-order chi connectivity index (χ1) is 17.1. The van der Waals surface area contributed by atoms with Crippen molar-refractivity contribution >= 4 is 0 Å². The zero-order chi connectivity index (χ0) is 25.5. The summed E-state index contributed by atoms with van der Waals surface area (Å²) in [6.07, 6.45) is 4.04. The van der Waals surface area contributed by atoms with E-state index < -0.39 is 0 Å². The van der Waals surface area contributed by atoms with Crippen molar-refractivity contribution < 1.29 is 0 Å². The second-order valence-electron chi connectivity index (χ2n) is 11.5. The Kier molecular flexibility index (Phi) is 5.91. The molecule has 0 aliphatic heterocycles. The van der Waals surface area contributed by atoms with Crippen LogP contribution in [0.4, 0.5) is 0 Å². The summed E-state index contributed by atoms with van der Waals surface area (Å²) in [5, 5.41) is 9.70. The molecule has 5 aromatic rings. The minimum absolute atomic E-state index is 0.136. The second kappa shape index (κ2) is 8.94. The smallest absolute Gasteiger partial charge is 0.0927 e. The normalized spacial score (nSPS) is 12.2. The Hall–Kier alpha value is -3.92. The van der Waals surface area contributed by atoms with Gasteiger partial charge >= 0.3 is 0 Å². The Bertz CT molecular complexity index is 1360. The molecule has 3 aromatic carbocycles. The fraction of sp³-hybridized carbons (Fsp3) is 0.250. The number of aromatic nitrogens is 4. The molecule has 5 rings (SSSR count). The zero-order valence-electron chi connectivity index (χ0n) is 22.0. The Labute approximate surface area is 214 Å². The number of benzene rings is 3. The topological polar surface area (TPSA) is 35.6 Å². The van der Waals surface area contributed by atoms with Gasteiger partial charge in [0.25, 0.3) is 0 Å². The number of hydrogen-bond donors (Lipinski definition) is 0. The first kappa shape index (κ1) is 23.8. The van der Waals surface area contributed by atoms with E-state index in [0.717, 1.165) is 33.9 Å². The van der Waals surface area contributed by atoms with Crippen molar-refractivity contribution in [2.24, 2.45) is 0 Å². The lowest BCUT2D eigenvalue weighted by atomic mass is 9.87. The molecule has 0 aliphatic rings. The third-order valence-electron chi connectivity index (χ3n) is 6.63. The minimum atomic E-state index is 0.136. The van der Waals surface area contributed by atoms with Gasteiger partial charge < -0.3 is 0 Å². The summed E-state index contributed by atoms with van der Waals surface area (Å²) in [6, 6.07) is 29.8. The first-order valence-electron chi connectivity index (χ1n) is 12.5. The van der Waals surface area contributed by atoms with Crippen LogP contribution in [0, 0.1) is 0 Å². The molecule has 0 spiro atoms. The fourth-order valence-electron chi connectivity index (χ4n) is 4.31. The predicted molar refractivity (Wildman–Crippen MR) is 149 cm³/mol. The van der Waals surface area contributed by atoms with Crippen LogP contribution in [0.2, 0.25) is 0 Å². The van der Waals surface area contributed by atoms with Crippen LogP contribution in [-0.4, -0.2) is 19.6 Å². The molecule has 0 unspecified atom stereocenters. The van der Waals surface area contributed by atoms with E-state index in [1.807, 2.05) is 21.8 Å². The van der Waals surface area contributed by atoms with Crippen LogP contribution < -0.4 is 0 Å². The van der Waals surface area contributed by atoms with E-state index in [9.17, 15) is 0 Å². The van der Waals surface area contributed by atoms with Gasteiger partial charge in [0.1, 0.15) is 0 Å². The summed E-state index contributed by atoms with van der Waals surface area (Å²) in [6.45, 7) is 13.4. The molecular weight excluding hydrogens is 440 g/mol. The van der Waals surface area contributed by atoms with E-state index in [0.29, 0.717) is 0 Å². The van der Waals surface area contributed by atoms with E-state index in [-0.39, 0.29) is 10.8 Å². The lowest BCUT2D eigenvalue weighted by Gasteiger charge is -2.19. The summed E-state index contributed by atoms with van der Waals surface area (Å²) >= 11 is 0. The highest BCUT2D eigenvalue weighted by molar-refractivity contribution is 5.69. The number of nitrogens with zero attached hydrogens (tertiary/aromatic N) is 4. The van der Waals surface area contributed by atoms with Gasteiger partial charge in [-0.1, -0.05) is 84.0 Å². The minimum Gasteiger partial charge on any atom is -0.240 e. The van der Waals surface area contributed by atoms with Crippen LogP contribution in [0.15, 0.2) is 97.3 Å². The molecule has 0 fully saturated rings. The van der Waals surface area contributed by atoms with Crippen LogP contribution in [-0.2, 0) is 10.8 Å². The van der Waals surface area contributed by atoms with Crippen molar-refractivity contribution in [3.05, 3.63) is 108 Å². The van der Waals surface area contributed by atoms with Gasteiger partial charge in [-0.05, 0) is 64.4 Å². The molecule has 2 aromatic heterocycles. The van der Waals surface area contributed by atoms with E-state index >= 15 is 0 Å². The van der Waals surface area contributed by atoms with Crippen molar-refractivity contribution in [3.8, 4) is 33.9 Å². The summed E-state index contributed by atoms with van der Waals surface area (Å²) in [5.41, 5.74) is 9.04. The lowest BCUT2D eigenvalue weighted by molar-refractivity contribution is 0.589. The van der Waals surface area contributed by atoms with Crippen molar-refractivity contribution in [1.82, 2.24) is 19.6 Å². The molecule has 0 radical (unpaired) electrons. The van der Waals surface area contributed by atoms with Gasteiger partial charge in [-0.3, -0.25) is 0 Å². The molecule has 0 saturated carbocycles. The van der Waals surface area contributed by atoms with E-state index in [1.165, 1.54) is 11.1 Å². The van der Waals surface area contributed by atoms with Crippen LogP contribution in [0.5, 0.6) is 0 Å². The molecule has 4 nitrogen and oxygen atoms in total. The molecule has 0 bridgehead atoms. The largest absolute Gasteiger partial charge is 0.240 e. The van der Waals surface area contributed by atoms with Crippen molar-refractivity contribution in [2.75, 3.05) is 0 Å². The number of hydrogen-bond acceptors (Lipinski definition) is 2. The van der Waals surface area contributed by atoms with E-state index in [1.54, 1.807) is 0 Å². The molecule has 0 aliphatic carbocycles. The highest BCUT2D eigenvalue weighted by atomic mass is 15.3. The third-order valence-corrected chi connectivity index (χ3v) is 6.63. The second-order valence-corrected chi connectivity index (χ2v) is 11.5. The summed E-state index contributed by atoms with van der Waals surface area (Å²) in [7, 11) is 0. The molecule has 36 heavy (non-hydrogen) atoms.